The van der Waals surface area contributed by atoms with Gasteiger partial charge in [0.25, 0.3) is 0 Å². The molecular formula is C21H18ClFN2O. The van der Waals surface area contributed by atoms with E-state index in [0.717, 1.165) is 16.8 Å². The van der Waals surface area contributed by atoms with Crippen LogP contribution in [0.4, 0.5) is 15.8 Å². The predicted molar refractivity (Wildman–Crippen MR) is 104 cm³/mol. The molecule has 0 atom stereocenters. The first-order chi connectivity index (χ1) is 12.6. The van der Waals surface area contributed by atoms with Gasteiger partial charge in [0.1, 0.15) is 5.82 Å². The molecule has 132 valence electrons. The lowest BCUT2D eigenvalue weighted by atomic mass is 10.1. The molecule has 2 N–H and O–H groups in total. The van der Waals surface area contributed by atoms with E-state index < -0.39 is 0 Å². The van der Waals surface area contributed by atoms with E-state index >= 15 is 0 Å². The van der Waals surface area contributed by atoms with Crippen LogP contribution in [0.15, 0.2) is 72.8 Å². The van der Waals surface area contributed by atoms with Crippen molar-refractivity contribution < 1.29 is 9.18 Å². The van der Waals surface area contributed by atoms with Crippen molar-refractivity contribution in [3.8, 4) is 0 Å². The van der Waals surface area contributed by atoms with Gasteiger partial charge in [-0.3, -0.25) is 4.79 Å². The lowest BCUT2D eigenvalue weighted by molar-refractivity contribution is -0.115. The van der Waals surface area contributed by atoms with Crippen LogP contribution in [-0.4, -0.2) is 5.91 Å². The lowest BCUT2D eigenvalue weighted by Crippen LogP contribution is -2.14. The van der Waals surface area contributed by atoms with Crippen molar-refractivity contribution in [2.45, 2.75) is 13.0 Å². The van der Waals surface area contributed by atoms with E-state index in [9.17, 15) is 9.18 Å². The maximum Gasteiger partial charge on any atom is 0.228 e. The second-order valence-electron chi connectivity index (χ2n) is 5.89. The summed E-state index contributed by atoms with van der Waals surface area (Å²) in [5, 5.41) is 6.60. The quantitative estimate of drug-likeness (QED) is 0.622. The summed E-state index contributed by atoms with van der Waals surface area (Å²) in [6.45, 7) is 0.664. The Labute approximate surface area is 156 Å². The molecule has 0 aromatic heterocycles. The molecule has 3 aromatic carbocycles. The Morgan fingerprint density at radius 1 is 0.923 bits per heavy atom. The largest absolute Gasteiger partial charge is 0.380 e. The minimum Gasteiger partial charge on any atom is -0.380 e. The Bertz CT molecular complexity index is 882. The molecule has 3 rings (SSSR count). The fourth-order valence-electron chi connectivity index (χ4n) is 2.52. The highest BCUT2D eigenvalue weighted by Crippen LogP contribution is 2.26. The molecular weight excluding hydrogens is 351 g/mol. The first-order valence-electron chi connectivity index (χ1n) is 8.22. The van der Waals surface area contributed by atoms with Gasteiger partial charge in [0.15, 0.2) is 0 Å². The van der Waals surface area contributed by atoms with Crippen molar-refractivity contribution in [3.63, 3.8) is 0 Å². The van der Waals surface area contributed by atoms with E-state index in [4.69, 9.17) is 11.6 Å². The lowest BCUT2D eigenvalue weighted by Gasteiger charge is -2.11. The van der Waals surface area contributed by atoms with Crippen molar-refractivity contribution in [2.75, 3.05) is 10.6 Å². The zero-order valence-corrected chi connectivity index (χ0v) is 14.8. The molecule has 0 radical (unpaired) electrons. The number of anilines is 2. The fraction of sp³-hybridized carbons (Fsp3) is 0.0952. The van der Waals surface area contributed by atoms with Gasteiger partial charge in [0.05, 0.1) is 17.1 Å². The van der Waals surface area contributed by atoms with Crippen LogP contribution >= 0.6 is 11.6 Å². The third-order valence-electron chi connectivity index (χ3n) is 3.86. The monoisotopic (exact) mass is 368 g/mol. The Balaban J connectivity index is 1.58. The average molecular weight is 369 g/mol. The van der Waals surface area contributed by atoms with Crippen LogP contribution in [0, 0.1) is 5.82 Å². The number of benzene rings is 3. The number of hydrogen-bond donors (Lipinski definition) is 2. The number of hydrogen-bond acceptors (Lipinski definition) is 2. The van der Waals surface area contributed by atoms with E-state index in [1.54, 1.807) is 24.3 Å². The van der Waals surface area contributed by atoms with Crippen LogP contribution in [-0.2, 0) is 17.8 Å². The van der Waals surface area contributed by atoms with Gasteiger partial charge < -0.3 is 10.6 Å². The van der Waals surface area contributed by atoms with Gasteiger partial charge in [-0.15, -0.1) is 0 Å². The summed E-state index contributed by atoms with van der Waals surface area (Å²) >= 11 is 6.30. The van der Waals surface area contributed by atoms with Crippen molar-refractivity contribution in [1.82, 2.24) is 0 Å². The van der Waals surface area contributed by atoms with Crippen molar-refractivity contribution in [1.29, 1.82) is 0 Å². The Kier molecular flexibility index (Phi) is 5.87. The van der Waals surface area contributed by atoms with Crippen LogP contribution in [0.2, 0.25) is 5.02 Å². The number of rotatable bonds is 6. The maximum atomic E-state index is 12.9. The summed E-state index contributed by atoms with van der Waals surface area (Å²) in [6, 6.07) is 21.2. The number of halogens is 2. The average Bonchev–Trinajstić information content (AvgIpc) is 2.64. The van der Waals surface area contributed by atoms with Gasteiger partial charge in [-0.2, -0.15) is 0 Å². The highest BCUT2D eigenvalue weighted by atomic mass is 35.5. The molecule has 0 unspecified atom stereocenters. The minimum absolute atomic E-state index is 0.173. The molecule has 5 heteroatoms. The number of nitrogens with one attached hydrogen (secondary N) is 2. The molecule has 0 aliphatic rings. The molecule has 0 bridgehead atoms. The Morgan fingerprint density at radius 2 is 1.65 bits per heavy atom. The van der Waals surface area contributed by atoms with E-state index in [1.165, 1.54) is 12.1 Å². The topological polar surface area (TPSA) is 41.1 Å². The van der Waals surface area contributed by atoms with Crippen molar-refractivity contribution >= 4 is 28.9 Å². The molecule has 1 amide bonds. The smallest absolute Gasteiger partial charge is 0.228 e. The van der Waals surface area contributed by atoms with Crippen LogP contribution in [0.1, 0.15) is 11.1 Å². The molecule has 26 heavy (non-hydrogen) atoms. The molecule has 0 heterocycles. The summed E-state index contributed by atoms with van der Waals surface area (Å²) < 4.78 is 12.9. The van der Waals surface area contributed by atoms with Gasteiger partial charge in [0.2, 0.25) is 5.91 Å². The molecule has 3 nitrogen and oxygen atoms in total. The third kappa shape index (κ3) is 5.07. The predicted octanol–water partition coefficient (Wildman–Crippen LogP) is 5.27. The first kappa shape index (κ1) is 18.0. The van der Waals surface area contributed by atoms with E-state index in [0.29, 0.717) is 17.3 Å². The summed E-state index contributed by atoms with van der Waals surface area (Å²) in [5.74, 6) is -0.503. The molecule has 0 saturated carbocycles. The Hall–Kier alpha value is -2.85. The van der Waals surface area contributed by atoms with E-state index in [2.05, 4.69) is 10.6 Å². The SMILES string of the molecule is O=C(Cc1ccc(F)cc1)Nc1ccc(NCc2ccccc2)c(Cl)c1. The standard InChI is InChI=1S/C21H18ClFN2O/c22-19-13-18(25-21(26)12-15-6-8-17(23)9-7-15)10-11-20(19)24-14-16-4-2-1-3-5-16/h1-11,13,24H,12,14H2,(H,25,26). The second-order valence-corrected chi connectivity index (χ2v) is 6.29. The summed E-state index contributed by atoms with van der Waals surface area (Å²) in [5.41, 5.74) is 3.32. The summed E-state index contributed by atoms with van der Waals surface area (Å²) in [7, 11) is 0. The fourth-order valence-corrected chi connectivity index (χ4v) is 2.77. The highest BCUT2D eigenvalue weighted by molar-refractivity contribution is 6.33. The zero-order chi connectivity index (χ0) is 18.4. The summed E-state index contributed by atoms with van der Waals surface area (Å²) in [6.07, 6.45) is 0.173. The minimum atomic E-state index is -0.320. The third-order valence-corrected chi connectivity index (χ3v) is 4.17. The molecule has 3 aromatic rings. The van der Waals surface area contributed by atoms with E-state index in [1.807, 2.05) is 36.4 Å². The van der Waals surface area contributed by atoms with Crippen molar-refractivity contribution in [3.05, 3.63) is 94.8 Å². The number of amides is 1. The van der Waals surface area contributed by atoms with Crippen LogP contribution < -0.4 is 10.6 Å². The van der Waals surface area contributed by atoms with Crippen LogP contribution in [0.5, 0.6) is 0 Å². The number of carbonyl (C=O) groups excluding carboxylic acids is 1. The van der Waals surface area contributed by atoms with Gasteiger partial charge in [0, 0.05) is 12.2 Å². The van der Waals surface area contributed by atoms with Crippen LogP contribution in [0.25, 0.3) is 0 Å². The summed E-state index contributed by atoms with van der Waals surface area (Å²) in [4.78, 5) is 12.1. The van der Waals surface area contributed by atoms with Gasteiger partial charge in [-0.05, 0) is 41.5 Å². The van der Waals surface area contributed by atoms with Gasteiger partial charge in [-0.25, -0.2) is 4.39 Å². The first-order valence-corrected chi connectivity index (χ1v) is 8.59. The molecule has 0 aliphatic carbocycles. The molecule has 0 fully saturated rings. The van der Waals surface area contributed by atoms with Gasteiger partial charge in [-0.1, -0.05) is 54.1 Å². The highest BCUT2D eigenvalue weighted by Gasteiger charge is 2.07. The van der Waals surface area contributed by atoms with Gasteiger partial charge >= 0.3 is 0 Å². The number of carbonyl (C=O) groups is 1. The Morgan fingerprint density at radius 3 is 2.35 bits per heavy atom. The normalized spacial score (nSPS) is 10.4. The molecule has 0 aliphatic heterocycles. The zero-order valence-electron chi connectivity index (χ0n) is 14.0. The van der Waals surface area contributed by atoms with Crippen molar-refractivity contribution in [2.24, 2.45) is 0 Å². The maximum absolute atomic E-state index is 12.9. The molecule has 0 spiro atoms. The van der Waals surface area contributed by atoms with Crippen LogP contribution in [0.3, 0.4) is 0 Å². The second kappa shape index (κ2) is 8.50. The molecule has 0 saturated heterocycles. The van der Waals surface area contributed by atoms with E-state index in [-0.39, 0.29) is 18.1 Å².